The number of benzene rings is 1. The van der Waals surface area contributed by atoms with Crippen molar-refractivity contribution in [1.82, 2.24) is 9.88 Å². The zero-order chi connectivity index (χ0) is 19.1. The van der Waals surface area contributed by atoms with Crippen molar-refractivity contribution in [2.75, 3.05) is 24.5 Å². The average Bonchev–Trinajstić information content (AvgIpc) is 3.25. The quantitative estimate of drug-likeness (QED) is 0.746. The van der Waals surface area contributed by atoms with Crippen molar-refractivity contribution in [2.24, 2.45) is 4.99 Å². The van der Waals surface area contributed by atoms with Gasteiger partial charge in [-0.05, 0) is 43.5 Å². The molecule has 1 aromatic carbocycles. The minimum absolute atomic E-state index is 0.127. The molecular formula is C22H25FN4S. The molecule has 146 valence electrons. The fourth-order valence-electron chi connectivity index (χ4n) is 4.56. The van der Waals surface area contributed by atoms with Crippen molar-refractivity contribution in [2.45, 2.75) is 43.5 Å². The number of pyridine rings is 1. The number of piperidine rings is 1. The van der Waals surface area contributed by atoms with Gasteiger partial charge in [-0.15, -0.1) is 0 Å². The Morgan fingerprint density at radius 1 is 1.11 bits per heavy atom. The molecule has 3 aliphatic rings. The molecule has 0 amide bonds. The second kappa shape index (κ2) is 7.39. The molecule has 2 saturated heterocycles. The smallest absolute Gasteiger partial charge is 0.160 e. The normalized spacial score (nSPS) is 27.1. The minimum Gasteiger partial charge on any atom is -0.371 e. The highest BCUT2D eigenvalue weighted by molar-refractivity contribution is 8.14. The lowest BCUT2D eigenvalue weighted by molar-refractivity contribution is 0.313. The second-order valence-electron chi connectivity index (χ2n) is 7.89. The van der Waals surface area contributed by atoms with Crippen LogP contribution in [0.25, 0.3) is 0 Å². The number of hydrogen-bond acceptors (Lipinski definition) is 5. The Morgan fingerprint density at radius 3 is 2.71 bits per heavy atom. The van der Waals surface area contributed by atoms with Crippen LogP contribution in [0.5, 0.6) is 0 Å². The molecule has 4 heterocycles. The van der Waals surface area contributed by atoms with Gasteiger partial charge in [0, 0.05) is 42.3 Å². The summed E-state index contributed by atoms with van der Waals surface area (Å²) in [7, 11) is 0. The standard InChI is InChI=1S/C22H25FN4S/c1-15-14-27-21(20(25-22(27)28-15)19-7-3-4-10-24-19)17-9-8-16(13-18(17)23)26-11-5-2-6-12-26/h3-4,7-10,13,15,20-21H,2,5-6,11-12,14H2,1H3/t15-,20+,21+/m1/s1. The second-order valence-corrected chi connectivity index (χ2v) is 9.30. The third-order valence-corrected chi connectivity index (χ3v) is 7.01. The molecule has 0 N–H and O–H groups in total. The van der Waals surface area contributed by atoms with E-state index in [-0.39, 0.29) is 17.9 Å². The Bertz CT molecular complexity index is 881. The van der Waals surface area contributed by atoms with Crippen molar-refractivity contribution < 1.29 is 4.39 Å². The lowest BCUT2D eigenvalue weighted by Crippen LogP contribution is -2.31. The number of hydrogen-bond donors (Lipinski definition) is 0. The summed E-state index contributed by atoms with van der Waals surface area (Å²) >= 11 is 1.78. The van der Waals surface area contributed by atoms with Gasteiger partial charge in [-0.2, -0.15) is 0 Å². The van der Waals surface area contributed by atoms with E-state index in [9.17, 15) is 0 Å². The van der Waals surface area contributed by atoms with Gasteiger partial charge in [0.2, 0.25) is 0 Å². The van der Waals surface area contributed by atoms with Crippen LogP contribution in [-0.2, 0) is 0 Å². The summed E-state index contributed by atoms with van der Waals surface area (Å²) in [5.74, 6) is -0.130. The number of fused-ring (bicyclic) bond motifs is 1. The van der Waals surface area contributed by atoms with Gasteiger partial charge in [0.15, 0.2) is 5.17 Å². The first-order valence-electron chi connectivity index (χ1n) is 10.2. The highest BCUT2D eigenvalue weighted by Gasteiger charge is 2.44. The summed E-state index contributed by atoms with van der Waals surface area (Å²) < 4.78 is 15.4. The predicted octanol–water partition coefficient (Wildman–Crippen LogP) is 4.80. The third-order valence-electron chi connectivity index (χ3n) is 5.91. The number of halogens is 1. The molecule has 0 radical (unpaired) electrons. The maximum Gasteiger partial charge on any atom is 0.160 e. The zero-order valence-electron chi connectivity index (χ0n) is 16.1. The Kier molecular flexibility index (Phi) is 4.75. The molecule has 5 rings (SSSR count). The molecule has 3 atom stereocenters. The maximum atomic E-state index is 15.4. The Labute approximate surface area is 169 Å². The Morgan fingerprint density at radius 2 is 1.96 bits per heavy atom. The van der Waals surface area contributed by atoms with E-state index in [1.54, 1.807) is 24.0 Å². The predicted molar refractivity (Wildman–Crippen MR) is 113 cm³/mol. The van der Waals surface area contributed by atoms with Crippen molar-refractivity contribution in [1.29, 1.82) is 0 Å². The number of rotatable bonds is 3. The molecule has 1 aromatic heterocycles. The average molecular weight is 397 g/mol. The van der Waals surface area contributed by atoms with Crippen LogP contribution in [0.2, 0.25) is 0 Å². The van der Waals surface area contributed by atoms with Crippen molar-refractivity contribution in [3.05, 3.63) is 59.7 Å². The minimum atomic E-state index is -0.161. The van der Waals surface area contributed by atoms with E-state index in [4.69, 9.17) is 4.99 Å². The number of anilines is 1. The van der Waals surface area contributed by atoms with E-state index in [1.165, 1.54) is 19.3 Å². The summed E-state index contributed by atoms with van der Waals surface area (Å²) in [4.78, 5) is 14.1. The summed E-state index contributed by atoms with van der Waals surface area (Å²) in [6.07, 6.45) is 5.44. The fourth-order valence-corrected chi connectivity index (χ4v) is 5.65. The molecule has 6 heteroatoms. The van der Waals surface area contributed by atoms with Crippen LogP contribution in [-0.4, -0.2) is 39.9 Å². The number of thioether (sulfide) groups is 1. The van der Waals surface area contributed by atoms with Crippen molar-refractivity contribution >= 4 is 22.6 Å². The number of aromatic nitrogens is 1. The fraction of sp³-hybridized carbons (Fsp3) is 0.455. The molecule has 2 aromatic rings. The van der Waals surface area contributed by atoms with E-state index in [2.05, 4.69) is 27.8 Å². The van der Waals surface area contributed by atoms with Crippen molar-refractivity contribution in [3.63, 3.8) is 0 Å². The van der Waals surface area contributed by atoms with Crippen LogP contribution in [0.4, 0.5) is 10.1 Å². The first-order valence-corrected chi connectivity index (χ1v) is 11.0. The van der Waals surface area contributed by atoms with Gasteiger partial charge in [-0.25, -0.2) is 4.39 Å². The van der Waals surface area contributed by atoms with Gasteiger partial charge in [-0.1, -0.05) is 30.8 Å². The Hall–Kier alpha value is -2.08. The largest absolute Gasteiger partial charge is 0.371 e. The lowest BCUT2D eigenvalue weighted by Gasteiger charge is -2.31. The number of amidine groups is 1. The van der Waals surface area contributed by atoms with Gasteiger partial charge < -0.3 is 9.80 Å². The molecular weight excluding hydrogens is 371 g/mol. The van der Waals surface area contributed by atoms with Gasteiger partial charge in [0.25, 0.3) is 0 Å². The first kappa shape index (κ1) is 18.0. The highest BCUT2D eigenvalue weighted by Crippen LogP contribution is 2.48. The molecule has 3 aliphatic heterocycles. The topological polar surface area (TPSA) is 31.7 Å². The van der Waals surface area contributed by atoms with Gasteiger partial charge >= 0.3 is 0 Å². The van der Waals surface area contributed by atoms with Gasteiger partial charge in [0.05, 0.1) is 11.7 Å². The third kappa shape index (κ3) is 3.17. The first-order chi connectivity index (χ1) is 13.7. The molecule has 4 nitrogen and oxygen atoms in total. The summed E-state index contributed by atoms with van der Waals surface area (Å²) in [5.41, 5.74) is 2.63. The Balaban J connectivity index is 1.50. The van der Waals surface area contributed by atoms with Gasteiger partial charge in [-0.3, -0.25) is 9.98 Å². The highest BCUT2D eigenvalue weighted by atomic mass is 32.2. The lowest BCUT2D eigenvalue weighted by atomic mass is 9.95. The maximum absolute atomic E-state index is 15.4. The van der Waals surface area contributed by atoms with Gasteiger partial charge in [0.1, 0.15) is 11.9 Å². The molecule has 28 heavy (non-hydrogen) atoms. The monoisotopic (exact) mass is 396 g/mol. The summed E-state index contributed by atoms with van der Waals surface area (Å²) in [6, 6.07) is 11.4. The molecule has 0 bridgehead atoms. The van der Waals surface area contributed by atoms with Crippen LogP contribution >= 0.6 is 11.8 Å². The summed E-state index contributed by atoms with van der Waals surface area (Å²) in [5, 5.41) is 1.49. The molecule has 0 unspecified atom stereocenters. The molecule has 2 fully saturated rings. The van der Waals surface area contributed by atoms with Crippen LogP contribution in [0.1, 0.15) is 49.5 Å². The zero-order valence-corrected chi connectivity index (χ0v) is 16.9. The summed E-state index contributed by atoms with van der Waals surface area (Å²) in [6.45, 7) is 5.14. The molecule has 0 spiro atoms. The van der Waals surface area contributed by atoms with Crippen LogP contribution in [0.15, 0.2) is 47.6 Å². The number of aliphatic imine (C=N–C) groups is 1. The van der Waals surface area contributed by atoms with E-state index >= 15 is 4.39 Å². The van der Waals surface area contributed by atoms with Crippen molar-refractivity contribution in [3.8, 4) is 0 Å². The number of nitrogens with zero attached hydrogens (tertiary/aromatic N) is 4. The van der Waals surface area contributed by atoms with E-state index in [1.807, 2.05) is 24.3 Å². The van der Waals surface area contributed by atoms with E-state index in [0.29, 0.717) is 5.25 Å². The van der Waals surface area contributed by atoms with Crippen LogP contribution in [0.3, 0.4) is 0 Å². The van der Waals surface area contributed by atoms with Crippen LogP contribution < -0.4 is 4.90 Å². The van der Waals surface area contributed by atoms with E-state index < -0.39 is 0 Å². The molecule has 0 saturated carbocycles. The molecule has 0 aliphatic carbocycles. The van der Waals surface area contributed by atoms with Crippen LogP contribution in [0, 0.1) is 5.82 Å². The SMILES string of the molecule is C[C@@H]1CN2C(=N[C@@H](c3ccccn3)[C@@H]2c2ccc(N3CCCCC3)cc2F)S1. The van der Waals surface area contributed by atoms with E-state index in [0.717, 1.165) is 41.7 Å².